The van der Waals surface area contributed by atoms with Crippen LogP contribution in [0.25, 0.3) is 17.0 Å². The zero-order valence-corrected chi connectivity index (χ0v) is 14.3. The summed E-state index contributed by atoms with van der Waals surface area (Å²) in [5, 5.41) is 0.656. The van der Waals surface area contributed by atoms with E-state index in [1.165, 1.54) is 22.2 Å². The summed E-state index contributed by atoms with van der Waals surface area (Å²) in [6.07, 6.45) is -1.66. The van der Waals surface area contributed by atoms with Gasteiger partial charge in [0.25, 0.3) is 0 Å². The van der Waals surface area contributed by atoms with E-state index in [-0.39, 0.29) is 0 Å². The first-order valence-electron chi connectivity index (χ1n) is 6.74. The SMILES string of the molecule is CCSc1c(-c2ccc(Br)cn2)nc2ccc(C(F)(F)F)cn12. The molecule has 0 aliphatic rings. The molecule has 0 unspecified atom stereocenters. The van der Waals surface area contributed by atoms with Gasteiger partial charge in [-0.15, -0.1) is 11.8 Å². The minimum Gasteiger partial charge on any atom is -0.293 e. The summed E-state index contributed by atoms with van der Waals surface area (Å²) in [6.45, 7) is 1.94. The third-order valence-electron chi connectivity index (χ3n) is 3.15. The van der Waals surface area contributed by atoms with E-state index in [0.717, 1.165) is 16.7 Å². The van der Waals surface area contributed by atoms with Gasteiger partial charge in [0.1, 0.15) is 16.4 Å². The molecule has 0 atom stereocenters. The van der Waals surface area contributed by atoms with E-state index in [1.54, 1.807) is 12.3 Å². The number of aromatic nitrogens is 3. The van der Waals surface area contributed by atoms with Crippen LogP contribution in [-0.4, -0.2) is 20.1 Å². The lowest BCUT2D eigenvalue weighted by Gasteiger charge is -2.08. The lowest BCUT2D eigenvalue weighted by molar-refractivity contribution is -0.137. The fourth-order valence-electron chi connectivity index (χ4n) is 2.15. The van der Waals surface area contributed by atoms with Crippen LogP contribution in [0, 0.1) is 0 Å². The summed E-state index contributed by atoms with van der Waals surface area (Å²) in [7, 11) is 0. The van der Waals surface area contributed by atoms with Crippen molar-refractivity contribution in [2.24, 2.45) is 0 Å². The Morgan fingerprint density at radius 2 is 2.00 bits per heavy atom. The second-order valence-corrected chi connectivity index (χ2v) is 6.87. The highest BCUT2D eigenvalue weighted by Crippen LogP contribution is 2.34. The van der Waals surface area contributed by atoms with Crippen molar-refractivity contribution in [1.82, 2.24) is 14.4 Å². The van der Waals surface area contributed by atoms with E-state index in [1.807, 2.05) is 13.0 Å². The monoisotopic (exact) mass is 401 g/mol. The maximum atomic E-state index is 12.9. The molecule has 8 heteroatoms. The van der Waals surface area contributed by atoms with Crippen LogP contribution in [-0.2, 0) is 6.18 Å². The first-order valence-corrected chi connectivity index (χ1v) is 8.52. The number of hydrogen-bond acceptors (Lipinski definition) is 3. The van der Waals surface area contributed by atoms with Gasteiger partial charge in [-0.25, -0.2) is 4.98 Å². The fraction of sp³-hybridized carbons (Fsp3) is 0.200. The van der Waals surface area contributed by atoms with Crippen LogP contribution in [0.4, 0.5) is 13.2 Å². The van der Waals surface area contributed by atoms with E-state index in [4.69, 9.17) is 0 Å². The average molecular weight is 402 g/mol. The molecule has 0 radical (unpaired) electrons. The summed E-state index contributed by atoms with van der Waals surface area (Å²) in [6, 6.07) is 6.04. The quantitative estimate of drug-likeness (QED) is 0.558. The van der Waals surface area contributed by atoms with E-state index >= 15 is 0 Å². The van der Waals surface area contributed by atoms with Crippen LogP contribution in [0.5, 0.6) is 0 Å². The molecule has 3 aromatic rings. The first-order chi connectivity index (χ1) is 10.9. The Balaban J connectivity index is 2.22. The largest absolute Gasteiger partial charge is 0.417 e. The van der Waals surface area contributed by atoms with Crippen LogP contribution in [0.2, 0.25) is 0 Å². The second kappa shape index (κ2) is 6.16. The summed E-state index contributed by atoms with van der Waals surface area (Å²) >= 11 is 4.75. The van der Waals surface area contributed by atoms with Gasteiger partial charge in [-0.3, -0.25) is 9.38 Å². The highest BCUT2D eigenvalue weighted by molar-refractivity contribution is 9.10. The number of halogens is 4. The van der Waals surface area contributed by atoms with E-state index in [9.17, 15) is 13.2 Å². The van der Waals surface area contributed by atoms with Crippen LogP contribution in [0.15, 0.2) is 46.2 Å². The summed E-state index contributed by atoms with van der Waals surface area (Å²) in [4.78, 5) is 8.75. The topological polar surface area (TPSA) is 30.2 Å². The van der Waals surface area contributed by atoms with E-state index in [2.05, 4.69) is 25.9 Å². The highest BCUT2D eigenvalue weighted by Gasteiger charge is 2.31. The van der Waals surface area contributed by atoms with Crippen LogP contribution < -0.4 is 0 Å². The molecule has 3 heterocycles. The molecule has 0 amide bonds. The third kappa shape index (κ3) is 3.23. The number of imidazole rings is 1. The molecule has 0 saturated carbocycles. The minimum atomic E-state index is -4.39. The standard InChI is InChI=1S/C15H11BrF3N3S/c1-2-23-14-13(11-5-4-10(16)7-20-11)21-12-6-3-9(8-22(12)14)15(17,18)19/h3-8H,2H2,1H3. The van der Waals surface area contributed by atoms with Gasteiger partial charge in [-0.1, -0.05) is 6.92 Å². The lowest BCUT2D eigenvalue weighted by atomic mass is 10.3. The van der Waals surface area contributed by atoms with Gasteiger partial charge in [0.15, 0.2) is 0 Å². The maximum absolute atomic E-state index is 12.9. The normalized spacial score (nSPS) is 12.0. The maximum Gasteiger partial charge on any atom is 0.417 e. The Bertz CT molecular complexity index is 844. The van der Waals surface area contributed by atoms with Crippen LogP contribution in [0.3, 0.4) is 0 Å². The molecule has 3 rings (SSSR count). The van der Waals surface area contributed by atoms with E-state index in [0.29, 0.717) is 27.8 Å². The predicted octanol–water partition coefficient (Wildman–Crippen LogP) is 5.29. The number of fused-ring (bicyclic) bond motifs is 1. The van der Waals surface area contributed by atoms with Gasteiger partial charge in [-0.2, -0.15) is 13.2 Å². The Morgan fingerprint density at radius 3 is 2.61 bits per heavy atom. The molecule has 0 fully saturated rings. The molecule has 3 nitrogen and oxygen atoms in total. The van der Waals surface area contributed by atoms with Crippen molar-refractivity contribution < 1.29 is 13.2 Å². The molecule has 0 bridgehead atoms. The van der Waals surface area contributed by atoms with Crippen molar-refractivity contribution in [2.45, 2.75) is 18.1 Å². The van der Waals surface area contributed by atoms with Crippen molar-refractivity contribution in [2.75, 3.05) is 5.75 Å². The molecule has 23 heavy (non-hydrogen) atoms. The molecule has 120 valence electrons. The van der Waals surface area contributed by atoms with Crippen LogP contribution >= 0.6 is 27.7 Å². The molecule has 0 N–H and O–H groups in total. The van der Waals surface area contributed by atoms with Crippen molar-refractivity contribution >= 4 is 33.3 Å². The molecule has 0 spiro atoms. The van der Waals surface area contributed by atoms with Gasteiger partial charge in [0, 0.05) is 16.9 Å². The highest BCUT2D eigenvalue weighted by atomic mass is 79.9. The molecule has 0 saturated heterocycles. The molecular weight excluding hydrogens is 391 g/mol. The fourth-order valence-corrected chi connectivity index (χ4v) is 3.23. The number of pyridine rings is 2. The van der Waals surface area contributed by atoms with Crippen LogP contribution in [0.1, 0.15) is 12.5 Å². The van der Waals surface area contributed by atoms with Gasteiger partial charge in [-0.05, 0) is 45.9 Å². The van der Waals surface area contributed by atoms with Gasteiger partial charge < -0.3 is 0 Å². The van der Waals surface area contributed by atoms with Gasteiger partial charge in [0.2, 0.25) is 0 Å². The Labute approximate surface area is 143 Å². The zero-order valence-electron chi connectivity index (χ0n) is 11.9. The van der Waals surface area contributed by atoms with Crippen molar-refractivity contribution in [3.05, 3.63) is 46.7 Å². The number of hydrogen-bond donors (Lipinski definition) is 0. The van der Waals surface area contributed by atoms with Crippen molar-refractivity contribution in [3.63, 3.8) is 0 Å². The molecule has 0 aromatic carbocycles. The van der Waals surface area contributed by atoms with E-state index < -0.39 is 11.7 Å². The minimum absolute atomic E-state index is 0.466. The Kier molecular flexibility index (Phi) is 4.37. The zero-order chi connectivity index (χ0) is 16.6. The summed E-state index contributed by atoms with van der Waals surface area (Å²) < 4.78 is 41.2. The van der Waals surface area contributed by atoms with Crippen molar-refractivity contribution in [3.8, 4) is 11.4 Å². The Hall–Kier alpha value is -1.54. The smallest absolute Gasteiger partial charge is 0.293 e. The van der Waals surface area contributed by atoms with Crippen molar-refractivity contribution in [1.29, 1.82) is 0 Å². The summed E-state index contributed by atoms with van der Waals surface area (Å²) in [5.74, 6) is 0.716. The number of alkyl halides is 3. The molecule has 0 aliphatic heterocycles. The molecular formula is C15H11BrF3N3S. The molecule has 3 aromatic heterocycles. The number of nitrogens with zero attached hydrogens (tertiary/aromatic N) is 3. The predicted molar refractivity (Wildman–Crippen MR) is 87.5 cm³/mol. The lowest BCUT2D eigenvalue weighted by Crippen LogP contribution is -2.06. The molecule has 0 aliphatic carbocycles. The Morgan fingerprint density at radius 1 is 1.22 bits per heavy atom. The second-order valence-electron chi connectivity index (χ2n) is 4.70. The number of thioether (sulfide) groups is 1. The van der Waals surface area contributed by atoms with Gasteiger partial charge >= 0.3 is 6.18 Å². The number of rotatable bonds is 3. The summed E-state index contributed by atoms with van der Waals surface area (Å²) in [5.41, 5.74) is 0.981. The average Bonchev–Trinajstić information content (AvgIpc) is 2.86. The first kappa shape index (κ1) is 16.3. The van der Waals surface area contributed by atoms with Gasteiger partial charge in [0.05, 0.1) is 11.3 Å². The third-order valence-corrected chi connectivity index (χ3v) is 4.57.